The minimum absolute atomic E-state index is 0. The van der Waals surface area contributed by atoms with E-state index in [-0.39, 0.29) is 43.7 Å². The largest absolute Gasteiger partial charge is 0.454 e. The van der Waals surface area contributed by atoms with Gasteiger partial charge in [-0.25, -0.2) is 0 Å². The lowest BCUT2D eigenvalue weighted by atomic mass is 10.1. The van der Waals surface area contributed by atoms with Gasteiger partial charge < -0.3 is 20.5 Å². The van der Waals surface area contributed by atoms with Crippen LogP contribution in [0.1, 0.15) is 33.0 Å². The highest BCUT2D eigenvalue weighted by Gasteiger charge is 2.18. The van der Waals surface area contributed by atoms with E-state index in [1.54, 1.807) is 23.5 Å². The van der Waals surface area contributed by atoms with Gasteiger partial charge in [-0.05, 0) is 19.9 Å². The van der Waals surface area contributed by atoms with Crippen molar-refractivity contribution in [3.63, 3.8) is 0 Å². The fourth-order valence-corrected chi connectivity index (χ4v) is 3.49. The normalized spacial score (nSPS) is 11.8. The van der Waals surface area contributed by atoms with Crippen molar-refractivity contribution >= 4 is 46.8 Å². The van der Waals surface area contributed by atoms with E-state index < -0.39 is 0 Å². The molecule has 1 amide bonds. The minimum Gasteiger partial charge on any atom is -0.454 e. The molecule has 0 radical (unpaired) electrons. The van der Waals surface area contributed by atoms with Gasteiger partial charge in [0.2, 0.25) is 12.7 Å². The third-order valence-corrected chi connectivity index (χ3v) is 4.71. The lowest BCUT2D eigenvalue weighted by Crippen LogP contribution is -2.14. The number of Topliss-reactive ketones (excluding diaryl/α,β-unsaturated/α-hetero) is 1. The molecule has 1 aromatic carbocycles. The number of aryl methyl sites for hydroxylation is 2. The number of ketones is 1. The maximum Gasteiger partial charge on any atom is 0.231 e. The molecule has 0 aliphatic carbocycles. The van der Waals surface area contributed by atoms with E-state index in [9.17, 15) is 9.59 Å². The molecule has 0 saturated carbocycles. The molecular weight excluding hydrogens is 364 g/mol. The number of nitrogen functional groups attached to an aromatic ring is 1. The summed E-state index contributed by atoms with van der Waals surface area (Å²) in [7, 11) is 0. The second-order valence-electron chi connectivity index (χ2n) is 5.59. The number of amides is 1. The Labute approximate surface area is 155 Å². The zero-order valence-electron chi connectivity index (χ0n) is 13.9. The molecule has 3 rings (SSSR count). The molecule has 3 N–H and O–H groups in total. The van der Waals surface area contributed by atoms with Gasteiger partial charge in [0.05, 0.1) is 11.4 Å². The van der Waals surface area contributed by atoms with Crippen LogP contribution in [0.25, 0.3) is 0 Å². The molecular formula is C17H19ClN2O4S. The van der Waals surface area contributed by atoms with Gasteiger partial charge in [0.25, 0.3) is 0 Å². The molecule has 1 aromatic heterocycles. The molecule has 0 saturated heterocycles. The van der Waals surface area contributed by atoms with E-state index in [1.165, 1.54) is 0 Å². The fraction of sp³-hybridized carbons (Fsp3) is 0.294. The van der Waals surface area contributed by atoms with Crippen molar-refractivity contribution in [1.82, 2.24) is 0 Å². The number of fused-ring (bicyclic) bond motifs is 1. The average Bonchev–Trinajstić information content (AvgIpc) is 3.10. The van der Waals surface area contributed by atoms with Gasteiger partial charge in [-0.15, -0.1) is 23.7 Å². The molecule has 1 aliphatic rings. The Morgan fingerprint density at radius 3 is 2.48 bits per heavy atom. The summed E-state index contributed by atoms with van der Waals surface area (Å²) in [4.78, 5) is 26.4. The van der Waals surface area contributed by atoms with E-state index in [0.717, 1.165) is 9.75 Å². The zero-order chi connectivity index (χ0) is 17.3. The molecule has 0 unspecified atom stereocenters. The lowest BCUT2D eigenvalue weighted by Gasteiger charge is -2.09. The van der Waals surface area contributed by atoms with Crippen LogP contribution >= 0.6 is 23.7 Å². The molecule has 8 heteroatoms. The summed E-state index contributed by atoms with van der Waals surface area (Å²) in [6.07, 6.45) is 0.258. The third kappa shape index (κ3) is 4.24. The Morgan fingerprint density at radius 2 is 1.84 bits per heavy atom. The van der Waals surface area contributed by atoms with E-state index in [2.05, 4.69) is 5.32 Å². The number of carbonyl (C=O) groups excluding carboxylic acids is 2. The average molecular weight is 383 g/mol. The maximum absolute atomic E-state index is 12.2. The van der Waals surface area contributed by atoms with Gasteiger partial charge in [0, 0.05) is 40.3 Å². The van der Waals surface area contributed by atoms with E-state index in [4.69, 9.17) is 15.2 Å². The van der Waals surface area contributed by atoms with Gasteiger partial charge in [0.1, 0.15) is 0 Å². The van der Waals surface area contributed by atoms with Gasteiger partial charge >= 0.3 is 0 Å². The monoisotopic (exact) mass is 382 g/mol. The summed E-state index contributed by atoms with van der Waals surface area (Å²) in [5, 5.41) is 2.72. The van der Waals surface area contributed by atoms with Crippen molar-refractivity contribution in [3.8, 4) is 11.5 Å². The van der Waals surface area contributed by atoms with Crippen LogP contribution in [0, 0.1) is 13.8 Å². The lowest BCUT2D eigenvalue weighted by molar-refractivity contribution is -0.116. The van der Waals surface area contributed by atoms with Crippen molar-refractivity contribution in [2.75, 3.05) is 17.8 Å². The van der Waals surface area contributed by atoms with Crippen LogP contribution in [-0.2, 0) is 4.79 Å². The standard InChI is InChI=1S/C17H18N2O4S.ClH/c1-9-5-11(10(2)24-9)14(20)3-4-17(21)19-13-7-16-15(6-12(13)18)22-8-23-16;/h5-7H,3-4,8,18H2,1-2H3,(H,19,21);1H. The number of hydrogen-bond acceptors (Lipinski definition) is 6. The third-order valence-electron chi connectivity index (χ3n) is 3.74. The van der Waals surface area contributed by atoms with Crippen LogP contribution in [-0.4, -0.2) is 18.5 Å². The quantitative estimate of drug-likeness (QED) is 0.607. The van der Waals surface area contributed by atoms with Crippen molar-refractivity contribution < 1.29 is 19.1 Å². The van der Waals surface area contributed by atoms with Crippen molar-refractivity contribution in [2.24, 2.45) is 0 Å². The number of thiophene rings is 1. The number of nitrogens with two attached hydrogens (primary N) is 1. The Bertz CT molecular complexity index is 819. The number of benzene rings is 1. The first kappa shape index (κ1) is 19.1. The molecule has 0 atom stereocenters. The first-order chi connectivity index (χ1) is 11.4. The maximum atomic E-state index is 12.2. The summed E-state index contributed by atoms with van der Waals surface area (Å²) in [5.74, 6) is 0.813. The highest BCUT2D eigenvalue weighted by atomic mass is 35.5. The van der Waals surface area contributed by atoms with Gasteiger partial charge in [-0.3, -0.25) is 9.59 Å². The predicted octanol–water partition coefficient (Wildman–Crippen LogP) is 3.70. The summed E-state index contributed by atoms with van der Waals surface area (Å²) < 4.78 is 10.5. The van der Waals surface area contributed by atoms with Crippen LogP contribution in [0.2, 0.25) is 0 Å². The Hall–Kier alpha value is -2.25. The van der Waals surface area contributed by atoms with E-state index in [0.29, 0.717) is 28.4 Å². The molecule has 0 spiro atoms. The number of nitrogens with one attached hydrogen (secondary N) is 1. The second kappa shape index (κ2) is 7.76. The van der Waals surface area contributed by atoms with E-state index in [1.807, 2.05) is 19.9 Å². The number of rotatable bonds is 5. The molecule has 0 fully saturated rings. The first-order valence-corrected chi connectivity index (χ1v) is 8.35. The van der Waals surface area contributed by atoms with E-state index >= 15 is 0 Å². The minimum atomic E-state index is -0.265. The number of hydrogen-bond donors (Lipinski definition) is 2. The summed E-state index contributed by atoms with van der Waals surface area (Å²) in [6, 6.07) is 5.11. The van der Waals surface area contributed by atoms with Crippen LogP contribution in [0.15, 0.2) is 18.2 Å². The Kier molecular flexibility index (Phi) is 5.92. The van der Waals surface area contributed by atoms with Crippen LogP contribution in [0.4, 0.5) is 11.4 Å². The number of ether oxygens (including phenoxy) is 2. The Balaban J connectivity index is 0.00000225. The number of halogens is 1. The fourth-order valence-electron chi connectivity index (χ4n) is 2.55. The highest BCUT2D eigenvalue weighted by molar-refractivity contribution is 7.12. The van der Waals surface area contributed by atoms with Crippen LogP contribution in [0.3, 0.4) is 0 Å². The molecule has 2 heterocycles. The smallest absolute Gasteiger partial charge is 0.231 e. The van der Waals surface area contributed by atoms with Gasteiger partial charge in [-0.2, -0.15) is 0 Å². The van der Waals surface area contributed by atoms with Crippen molar-refractivity contribution in [1.29, 1.82) is 0 Å². The summed E-state index contributed by atoms with van der Waals surface area (Å²) >= 11 is 1.58. The molecule has 0 bridgehead atoms. The van der Waals surface area contributed by atoms with Gasteiger partial charge in [0.15, 0.2) is 17.3 Å². The van der Waals surface area contributed by atoms with Crippen molar-refractivity contribution in [3.05, 3.63) is 33.5 Å². The molecule has 1 aliphatic heterocycles. The zero-order valence-corrected chi connectivity index (χ0v) is 15.5. The summed E-state index contributed by atoms with van der Waals surface area (Å²) in [5.41, 5.74) is 7.45. The highest BCUT2D eigenvalue weighted by Crippen LogP contribution is 2.38. The Morgan fingerprint density at radius 1 is 1.16 bits per heavy atom. The molecule has 6 nitrogen and oxygen atoms in total. The SMILES string of the molecule is Cc1cc(C(=O)CCC(=O)Nc2cc3c(cc2N)OCO3)c(C)s1.Cl. The molecule has 134 valence electrons. The van der Waals surface area contributed by atoms with Crippen molar-refractivity contribution in [2.45, 2.75) is 26.7 Å². The summed E-state index contributed by atoms with van der Waals surface area (Å²) in [6.45, 7) is 4.02. The second-order valence-corrected chi connectivity index (χ2v) is 7.05. The van der Waals surface area contributed by atoms with Crippen LogP contribution < -0.4 is 20.5 Å². The van der Waals surface area contributed by atoms with Crippen LogP contribution in [0.5, 0.6) is 11.5 Å². The molecule has 2 aromatic rings. The number of carbonyl (C=O) groups is 2. The number of anilines is 2. The van der Waals surface area contributed by atoms with Gasteiger partial charge in [-0.1, -0.05) is 0 Å². The molecule has 25 heavy (non-hydrogen) atoms. The topological polar surface area (TPSA) is 90.7 Å². The predicted molar refractivity (Wildman–Crippen MR) is 100 cm³/mol. The first-order valence-electron chi connectivity index (χ1n) is 7.53.